The third kappa shape index (κ3) is 2.91. The molecule has 2 aromatic rings. The van der Waals surface area contributed by atoms with Gasteiger partial charge >= 0.3 is 6.18 Å². The van der Waals surface area contributed by atoms with E-state index in [0.29, 0.717) is 0 Å². The summed E-state index contributed by atoms with van der Waals surface area (Å²) in [6.45, 7) is 0. The molecule has 0 atom stereocenters. The number of allylic oxidation sites excluding steroid dienone is 1. The van der Waals surface area contributed by atoms with E-state index in [1.54, 1.807) is 36.0 Å². The number of alkyl halides is 3. The summed E-state index contributed by atoms with van der Waals surface area (Å²) in [7, 11) is 1.80. The van der Waals surface area contributed by atoms with Gasteiger partial charge in [-0.2, -0.15) is 18.4 Å². The van der Waals surface area contributed by atoms with Gasteiger partial charge in [0.1, 0.15) is 0 Å². The van der Waals surface area contributed by atoms with Crippen molar-refractivity contribution >= 4 is 11.6 Å². The van der Waals surface area contributed by atoms with E-state index in [2.05, 4.69) is 0 Å². The van der Waals surface area contributed by atoms with E-state index in [9.17, 15) is 13.2 Å². The molecule has 1 heterocycles. The van der Waals surface area contributed by atoms with Gasteiger partial charge in [0, 0.05) is 18.9 Å². The molecule has 0 spiro atoms. The molecule has 0 amide bonds. The van der Waals surface area contributed by atoms with Crippen LogP contribution < -0.4 is 0 Å². The molecule has 102 valence electrons. The molecule has 2 rings (SSSR count). The maximum absolute atomic E-state index is 12.7. The summed E-state index contributed by atoms with van der Waals surface area (Å²) in [5, 5.41) is 9.15. The second-order valence-electron chi connectivity index (χ2n) is 4.29. The minimum absolute atomic E-state index is 0.193. The third-order valence-electron chi connectivity index (χ3n) is 2.90. The highest BCUT2D eigenvalue weighted by Gasteiger charge is 2.30. The fourth-order valence-corrected chi connectivity index (χ4v) is 1.82. The van der Waals surface area contributed by atoms with Crippen LogP contribution in [0.3, 0.4) is 0 Å². The predicted octanol–water partition coefficient (Wildman–Crippen LogP) is 4.11. The number of hydrogen-bond donors (Lipinski definition) is 0. The van der Waals surface area contributed by atoms with Crippen LogP contribution in [0.1, 0.15) is 16.8 Å². The smallest absolute Gasteiger partial charge is 0.351 e. The van der Waals surface area contributed by atoms with Gasteiger partial charge in [-0.1, -0.05) is 12.1 Å². The Morgan fingerprint density at radius 3 is 2.55 bits per heavy atom. The van der Waals surface area contributed by atoms with Gasteiger partial charge in [-0.3, -0.25) is 0 Å². The predicted molar refractivity (Wildman–Crippen MR) is 70.3 cm³/mol. The SMILES string of the molecule is Cn1cccc1/C=C(/C#N)c1cccc(C(F)(F)F)c1. The van der Waals surface area contributed by atoms with Crippen LogP contribution in [0.5, 0.6) is 0 Å². The summed E-state index contributed by atoms with van der Waals surface area (Å²) >= 11 is 0. The number of halogens is 3. The molecule has 0 radical (unpaired) electrons. The van der Waals surface area contributed by atoms with Crippen LogP contribution in [0.25, 0.3) is 11.6 Å². The summed E-state index contributed by atoms with van der Waals surface area (Å²) in [5.74, 6) is 0. The van der Waals surface area contributed by atoms with Gasteiger partial charge in [0.25, 0.3) is 0 Å². The second kappa shape index (κ2) is 5.25. The van der Waals surface area contributed by atoms with Crippen molar-refractivity contribution in [2.75, 3.05) is 0 Å². The van der Waals surface area contributed by atoms with Gasteiger partial charge < -0.3 is 4.57 Å². The molecule has 1 aromatic heterocycles. The number of aromatic nitrogens is 1. The van der Waals surface area contributed by atoms with Crippen LogP contribution in [0.15, 0.2) is 42.6 Å². The van der Waals surface area contributed by atoms with Crippen LogP contribution in [-0.4, -0.2) is 4.57 Å². The van der Waals surface area contributed by atoms with Crippen LogP contribution in [0, 0.1) is 11.3 Å². The van der Waals surface area contributed by atoms with Crippen LogP contribution in [-0.2, 0) is 13.2 Å². The molecule has 1 aromatic carbocycles. The second-order valence-corrected chi connectivity index (χ2v) is 4.29. The highest BCUT2D eigenvalue weighted by Crippen LogP contribution is 2.31. The Labute approximate surface area is 114 Å². The summed E-state index contributed by atoms with van der Waals surface area (Å²) in [5.41, 5.74) is 0.434. The normalized spacial score (nSPS) is 12.2. The van der Waals surface area contributed by atoms with Gasteiger partial charge in [0.2, 0.25) is 0 Å². The molecule has 5 heteroatoms. The summed E-state index contributed by atoms with van der Waals surface area (Å²) < 4.78 is 39.8. The van der Waals surface area contributed by atoms with Gasteiger partial charge in [-0.15, -0.1) is 0 Å². The number of rotatable bonds is 2. The summed E-state index contributed by atoms with van der Waals surface area (Å²) in [6, 6.07) is 10.3. The van der Waals surface area contributed by atoms with Gasteiger partial charge in [0.05, 0.1) is 17.2 Å². The van der Waals surface area contributed by atoms with Crippen molar-refractivity contribution in [3.63, 3.8) is 0 Å². The van der Waals surface area contributed by atoms with Crippen molar-refractivity contribution in [3.05, 3.63) is 59.4 Å². The first-order valence-corrected chi connectivity index (χ1v) is 5.82. The largest absolute Gasteiger partial charge is 0.416 e. The molecule has 0 aliphatic rings. The summed E-state index contributed by atoms with van der Waals surface area (Å²) in [6.07, 6.45) is -1.05. The number of nitriles is 1. The summed E-state index contributed by atoms with van der Waals surface area (Å²) in [4.78, 5) is 0. The number of aryl methyl sites for hydroxylation is 1. The van der Waals surface area contributed by atoms with Crippen molar-refractivity contribution in [1.82, 2.24) is 4.57 Å². The molecule has 0 N–H and O–H groups in total. The highest BCUT2D eigenvalue weighted by atomic mass is 19.4. The molecule has 0 bridgehead atoms. The molecule has 0 fully saturated rings. The lowest BCUT2D eigenvalue weighted by atomic mass is 10.0. The molecule has 0 aliphatic heterocycles. The van der Waals surface area contributed by atoms with Crippen molar-refractivity contribution in [2.45, 2.75) is 6.18 Å². The first kappa shape index (κ1) is 13.9. The Hall–Kier alpha value is -2.48. The Morgan fingerprint density at radius 2 is 2.00 bits per heavy atom. The van der Waals surface area contributed by atoms with E-state index in [1.807, 2.05) is 6.07 Å². The number of hydrogen-bond acceptors (Lipinski definition) is 1. The lowest BCUT2D eigenvalue weighted by molar-refractivity contribution is -0.137. The third-order valence-corrected chi connectivity index (χ3v) is 2.90. The number of nitrogens with zero attached hydrogens (tertiary/aromatic N) is 2. The quantitative estimate of drug-likeness (QED) is 0.759. The van der Waals surface area contributed by atoms with E-state index < -0.39 is 11.7 Å². The van der Waals surface area contributed by atoms with Crippen molar-refractivity contribution < 1.29 is 13.2 Å². The van der Waals surface area contributed by atoms with E-state index in [0.717, 1.165) is 17.8 Å². The molecule has 2 nitrogen and oxygen atoms in total. The average molecular weight is 276 g/mol. The van der Waals surface area contributed by atoms with E-state index in [-0.39, 0.29) is 11.1 Å². The van der Waals surface area contributed by atoms with Gasteiger partial charge in [-0.25, -0.2) is 0 Å². The van der Waals surface area contributed by atoms with Crippen molar-refractivity contribution in [2.24, 2.45) is 7.05 Å². The molecular weight excluding hydrogens is 265 g/mol. The highest BCUT2D eigenvalue weighted by molar-refractivity contribution is 5.89. The van der Waals surface area contributed by atoms with E-state index in [1.165, 1.54) is 12.1 Å². The van der Waals surface area contributed by atoms with Crippen LogP contribution in [0.2, 0.25) is 0 Å². The monoisotopic (exact) mass is 276 g/mol. The van der Waals surface area contributed by atoms with Gasteiger partial charge in [0.15, 0.2) is 0 Å². The zero-order chi connectivity index (χ0) is 14.8. The fraction of sp³-hybridized carbons (Fsp3) is 0.133. The molecule has 0 unspecified atom stereocenters. The van der Waals surface area contributed by atoms with Crippen molar-refractivity contribution in [3.8, 4) is 6.07 Å². The minimum atomic E-state index is -4.42. The Bertz CT molecular complexity index is 688. The molecular formula is C15H11F3N2. The standard InChI is InChI=1S/C15H11F3N2/c1-20-7-3-6-14(20)9-12(10-19)11-4-2-5-13(8-11)15(16,17)18/h2-9H,1H3/b12-9-. The van der Waals surface area contributed by atoms with E-state index >= 15 is 0 Å². The minimum Gasteiger partial charge on any atom is -0.351 e. The Morgan fingerprint density at radius 1 is 1.25 bits per heavy atom. The van der Waals surface area contributed by atoms with E-state index in [4.69, 9.17) is 5.26 Å². The topological polar surface area (TPSA) is 28.7 Å². The van der Waals surface area contributed by atoms with Crippen molar-refractivity contribution in [1.29, 1.82) is 5.26 Å². The Kier molecular flexibility index (Phi) is 3.66. The van der Waals surface area contributed by atoms with Gasteiger partial charge in [-0.05, 0) is 35.9 Å². The molecule has 0 aliphatic carbocycles. The van der Waals surface area contributed by atoms with Crippen LogP contribution >= 0.6 is 0 Å². The van der Waals surface area contributed by atoms with Crippen LogP contribution in [0.4, 0.5) is 13.2 Å². The lowest BCUT2D eigenvalue weighted by Gasteiger charge is -2.08. The first-order chi connectivity index (χ1) is 9.41. The zero-order valence-electron chi connectivity index (χ0n) is 10.6. The lowest BCUT2D eigenvalue weighted by Crippen LogP contribution is -2.05. The zero-order valence-corrected chi connectivity index (χ0v) is 10.6. The molecule has 0 saturated carbocycles. The maximum atomic E-state index is 12.7. The first-order valence-electron chi connectivity index (χ1n) is 5.82. The Balaban J connectivity index is 2.46. The molecule has 20 heavy (non-hydrogen) atoms. The molecule has 0 saturated heterocycles. The fourth-order valence-electron chi connectivity index (χ4n) is 1.82. The maximum Gasteiger partial charge on any atom is 0.416 e. The number of benzene rings is 1. The average Bonchev–Trinajstić information content (AvgIpc) is 2.80.